The van der Waals surface area contributed by atoms with E-state index in [2.05, 4.69) is 25.3 Å². The third-order valence-electron chi connectivity index (χ3n) is 3.57. The van der Waals surface area contributed by atoms with Gasteiger partial charge in [-0.05, 0) is 42.5 Å². The van der Waals surface area contributed by atoms with Crippen LogP contribution in [0.25, 0.3) is 0 Å². The van der Waals surface area contributed by atoms with Crippen LogP contribution in [0.3, 0.4) is 0 Å². The first kappa shape index (κ1) is 18.0. The van der Waals surface area contributed by atoms with Crippen molar-refractivity contribution in [1.29, 1.82) is 0 Å². The number of amides is 1. The maximum atomic E-state index is 13.7. The molecule has 0 spiro atoms. The van der Waals surface area contributed by atoms with Crippen LogP contribution in [0.2, 0.25) is 0 Å². The summed E-state index contributed by atoms with van der Waals surface area (Å²) in [5.74, 6) is -1.36. The van der Waals surface area contributed by atoms with Crippen molar-refractivity contribution in [2.24, 2.45) is 0 Å². The number of esters is 1. The van der Waals surface area contributed by atoms with E-state index in [1.54, 1.807) is 30.3 Å². The van der Waals surface area contributed by atoms with Crippen LogP contribution < -0.4 is 10.6 Å². The van der Waals surface area contributed by atoms with Gasteiger partial charge >= 0.3 is 5.97 Å². The molecule has 27 heavy (non-hydrogen) atoms. The zero-order chi connectivity index (χ0) is 19.2. The summed E-state index contributed by atoms with van der Waals surface area (Å²) in [4.78, 5) is 31.9. The first-order chi connectivity index (χ1) is 13.1. The van der Waals surface area contributed by atoms with Crippen LogP contribution in [0, 0.1) is 5.82 Å². The first-order valence-corrected chi connectivity index (χ1v) is 7.91. The van der Waals surface area contributed by atoms with Crippen molar-refractivity contribution in [3.05, 3.63) is 77.9 Å². The molecule has 0 bridgehead atoms. The fourth-order valence-corrected chi connectivity index (χ4v) is 2.23. The van der Waals surface area contributed by atoms with Gasteiger partial charge in [0, 0.05) is 11.9 Å². The molecule has 3 rings (SSSR count). The van der Waals surface area contributed by atoms with Crippen LogP contribution in [0.5, 0.6) is 0 Å². The molecule has 0 aliphatic heterocycles. The Balaban J connectivity index is 1.72. The number of hydrogen-bond donors (Lipinski definition) is 2. The van der Waals surface area contributed by atoms with Crippen LogP contribution in [-0.2, 0) is 4.74 Å². The van der Waals surface area contributed by atoms with Crippen LogP contribution in [0.15, 0.2) is 60.8 Å². The highest BCUT2D eigenvalue weighted by molar-refractivity contribution is 6.03. The zero-order valence-electron chi connectivity index (χ0n) is 14.3. The lowest BCUT2D eigenvalue weighted by Crippen LogP contribution is -2.15. The average Bonchev–Trinajstić information content (AvgIpc) is 2.70. The molecule has 0 unspecified atom stereocenters. The number of rotatable bonds is 5. The van der Waals surface area contributed by atoms with E-state index < -0.39 is 17.7 Å². The highest BCUT2D eigenvalue weighted by Gasteiger charge is 2.12. The second kappa shape index (κ2) is 8.05. The number of para-hydroxylation sites is 1. The molecule has 0 saturated carbocycles. The fraction of sp³-hybridized carbons (Fsp3) is 0.0526. The maximum Gasteiger partial charge on any atom is 0.337 e. The lowest BCUT2D eigenvalue weighted by atomic mass is 10.2. The molecule has 8 heteroatoms. The molecule has 0 aliphatic rings. The molecule has 1 aromatic heterocycles. The van der Waals surface area contributed by atoms with Crippen molar-refractivity contribution in [2.75, 3.05) is 17.7 Å². The zero-order valence-corrected chi connectivity index (χ0v) is 14.3. The normalized spacial score (nSPS) is 10.1. The second-order valence-corrected chi connectivity index (χ2v) is 5.39. The maximum absolute atomic E-state index is 13.7. The smallest absolute Gasteiger partial charge is 0.337 e. The van der Waals surface area contributed by atoms with Gasteiger partial charge in [-0.1, -0.05) is 12.1 Å². The Labute approximate surface area is 154 Å². The topological polar surface area (TPSA) is 93.2 Å². The number of halogens is 1. The molecule has 7 nitrogen and oxygen atoms in total. The van der Waals surface area contributed by atoms with E-state index in [4.69, 9.17) is 0 Å². The monoisotopic (exact) mass is 366 g/mol. The Morgan fingerprint density at radius 2 is 1.78 bits per heavy atom. The van der Waals surface area contributed by atoms with Gasteiger partial charge in [0.15, 0.2) is 0 Å². The van der Waals surface area contributed by atoms with Crippen LogP contribution in [-0.4, -0.2) is 29.0 Å². The minimum atomic E-state index is -0.563. The Bertz CT molecular complexity index is 977. The van der Waals surface area contributed by atoms with Crippen molar-refractivity contribution in [3.63, 3.8) is 0 Å². The van der Waals surface area contributed by atoms with E-state index >= 15 is 0 Å². The third-order valence-corrected chi connectivity index (χ3v) is 3.57. The molecule has 2 N–H and O–H groups in total. The summed E-state index contributed by atoms with van der Waals surface area (Å²) in [7, 11) is 1.31. The molecule has 2 aromatic carbocycles. The Morgan fingerprint density at radius 1 is 1.04 bits per heavy atom. The summed E-state index contributed by atoms with van der Waals surface area (Å²) in [6.07, 6.45) is 1.41. The lowest BCUT2D eigenvalue weighted by molar-refractivity contribution is 0.0600. The van der Waals surface area contributed by atoms with Gasteiger partial charge in [-0.25, -0.2) is 19.2 Å². The minimum Gasteiger partial charge on any atom is -0.465 e. The molecule has 1 amide bonds. The number of nitrogens with one attached hydrogen (secondary N) is 2. The third kappa shape index (κ3) is 4.43. The summed E-state index contributed by atoms with van der Waals surface area (Å²) in [5, 5.41) is 5.39. The van der Waals surface area contributed by atoms with Gasteiger partial charge in [-0.15, -0.1) is 0 Å². The number of anilines is 3. The Kier molecular flexibility index (Phi) is 5.36. The van der Waals surface area contributed by atoms with E-state index in [0.29, 0.717) is 11.3 Å². The van der Waals surface area contributed by atoms with E-state index in [1.165, 1.54) is 37.6 Å². The molecular weight excluding hydrogens is 351 g/mol. The molecule has 0 fully saturated rings. The molecule has 0 saturated heterocycles. The highest BCUT2D eigenvalue weighted by Crippen LogP contribution is 2.16. The average molecular weight is 366 g/mol. The summed E-state index contributed by atoms with van der Waals surface area (Å²) < 4.78 is 18.3. The molecular formula is C19H15FN4O3. The van der Waals surface area contributed by atoms with Crippen molar-refractivity contribution in [1.82, 2.24) is 9.97 Å². The van der Waals surface area contributed by atoms with Crippen molar-refractivity contribution < 1.29 is 18.7 Å². The molecule has 3 aromatic rings. The molecule has 0 radical (unpaired) electrons. The summed E-state index contributed by atoms with van der Waals surface area (Å²) in [6, 6.07) is 13.8. The number of nitrogens with zero attached hydrogens (tertiary/aromatic N) is 2. The number of carbonyl (C=O) groups excluding carboxylic acids is 2. The van der Waals surface area contributed by atoms with Gasteiger partial charge in [-0.3, -0.25) is 4.79 Å². The number of carbonyl (C=O) groups is 2. The summed E-state index contributed by atoms with van der Waals surface area (Å²) in [5.41, 5.74) is 1.16. The van der Waals surface area contributed by atoms with E-state index in [0.717, 1.165) is 0 Å². The predicted molar refractivity (Wildman–Crippen MR) is 97.4 cm³/mol. The Hall–Kier alpha value is -3.81. The molecule has 1 heterocycles. The van der Waals surface area contributed by atoms with Gasteiger partial charge in [-0.2, -0.15) is 0 Å². The van der Waals surface area contributed by atoms with Gasteiger partial charge < -0.3 is 15.4 Å². The number of hydrogen-bond acceptors (Lipinski definition) is 6. The number of methoxy groups -OCH3 is 1. The number of benzene rings is 2. The Morgan fingerprint density at radius 3 is 2.48 bits per heavy atom. The summed E-state index contributed by atoms with van der Waals surface area (Å²) in [6.45, 7) is 0. The van der Waals surface area contributed by atoms with Crippen molar-refractivity contribution in [2.45, 2.75) is 0 Å². The largest absolute Gasteiger partial charge is 0.465 e. The van der Waals surface area contributed by atoms with Gasteiger partial charge in [0.05, 0.1) is 18.4 Å². The van der Waals surface area contributed by atoms with Crippen LogP contribution in [0.1, 0.15) is 20.8 Å². The fourth-order valence-electron chi connectivity index (χ4n) is 2.23. The molecule has 0 aliphatic carbocycles. The number of aromatic nitrogens is 2. The van der Waals surface area contributed by atoms with E-state index in [1.807, 2.05) is 0 Å². The van der Waals surface area contributed by atoms with Gasteiger partial charge in [0.2, 0.25) is 5.95 Å². The van der Waals surface area contributed by atoms with Crippen molar-refractivity contribution >= 4 is 29.2 Å². The van der Waals surface area contributed by atoms with E-state index in [-0.39, 0.29) is 17.3 Å². The van der Waals surface area contributed by atoms with Crippen LogP contribution >= 0.6 is 0 Å². The standard InChI is InChI=1S/C19H15FN4O3/c1-27-18(26)12-6-8-13(9-7-12)22-19-21-11-10-16(24-19)17(25)23-15-5-3-2-4-14(15)20/h2-11H,1H3,(H,23,25)(H,21,22,24). The summed E-state index contributed by atoms with van der Waals surface area (Å²) >= 11 is 0. The molecule has 0 atom stereocenters. The van der Waals surface area contributed by atoms with Gasteiger partial charge in [0.25, 0.3) is 5.91 Å². The lowest BCUT2D eigenvalue weighted by Gasteiger charge is -2.08. The van der Waals surface area contributed by atoms with E-state index in [9.17, 15) is 14.0 Å². The van der Waals surface area contributed by atoms with Crippen LogP contribution in [0.4, 0.5) is 21.7 Å². The highest BCUT2D eigenvalue weighted by atomic mass is 19.1. The quantitative estimate of drug-likeness (QED) is 0.672. The molecule has 136 valence electrons. The second-order valence-electron chi connectivity index (χ2n) is 5.39. The SMILES string of the molecule is COC(=O)c1ccc(Nc2nccc(C(=O)Nc3ccccc3F)n2)cc1. The minimum absolute atomic E-state index is 0.0639. The van der Waals surface area contributed by atoms with Crippen molar-refractivity contribution in [3.8, 4) is 0 Å². The first-order valence-electron chi connectivity index (χ1n) is 7.91. The van der Waals surface area contributed by atoms with Gasteiger partial charge in [0.1, 0.15) is 11.5 Å². The number of ether oxygens (including phenoxy) is 1. The predicted octanol–water partition coefficient (Wildman–Crippen LogP) is 3.40.